The molecule has 1 aliphatic rings. The first kappa shape index (κ1) is 31.0. The van der Waals surface area contributed by atoms with Crippen LogP contribution >= 0.6 is 0 Å². The van der Waals surface area contributed by atoms with E-state index >= 15 is 0 Å². The van der Waals surface area contributed by atoms with Gasteiger partial charge in [-0.05, 0) is 39.0 Å². The van der Waals surface area contributed by atoms with Crippen LogP contribution in [-0.2, 0) is 28.3 Å². The van der Waals surface area contributed by atoms with Crippen LogP contribution in [0.1, 0.15) is 30.9 Å². The summed E-state index contributed by atoms with van der Waals surface area (Å²) in [7, 11) is -0.766. The van der Waals surface area contributed by atoms with Crippen molar-refractivity contribution in [1.82, 2.24) is 23.9 Å². The maximum Gasteiger partial charge on any atom is 0.323 e. The van der Waals surface area contributed by atoms with Gasteiger partial charge in [-0.2, -0.15) is 4.31 Å². The Balaban J connectivity index is 1.62. The molecule has 0 aliphatic carbocycles. The van der Waals surface area contributed by atoms with Crippen LogP contribution in [0.25, 0.3) is 0 Å². The lowest BCUT2D eigenvalue weighted by Crippen LogP contribution is -2.48. The Labute approximate surface area is 244 Å². The fourth-order valence-electron chi connectivity index (χ4n) is 4.70. The zero-order chi connectivity index (χ0) is 30.8. The number of aryl methyl sites for hydroxylation is 3. The summed E-state index contributed by atoms with van der Waals surface area (Å²) in [6.07, 6.45) is 2.13. The fraction of sp³-hybridized carbons (Fsp3) is 0.481. The highest BCUT2D eigenvalue weighted by Crippen LogP contribution is 2.30. The molecule has 0 saturated carbocycles. The highest BCUT2D eigenvalue weighted by molar-refractivity contribution is 7.89. The Morgan fingerprint density at radius 1 is 1.29 bits per heavy atom. The zero-order valence-electron chi connectivity index (χ0n) is 24.5. The average Bonchev–Trinajstić information content (AvgIpc) is 3.53. The molecule has 0 bridgehead atoms. The number of sulfonamides is 1. The summed E-state index contributed by atoms with van der Waals surface area (Å²) in [6, 6.07) is 3.93. The number of rotatable bonds is 8. The number of aliphatic hydroxyl groups excluding tert-OH is 1. The van der Waals surface area contributed by atoms with Gasteiger partial charge in [0.1, 0.15) is 23.2 Å². The van der Waals surface area contributed by atoms with Crippen LogP contribution < -0.4 is 15.4 Å². The molecule has 0 saturated heterocycles. The van der Waals surface area contributed by atoms with Crippen molar-refractivity contribution in [2.45, 2.75) is 51.3 Å². The first-order valence-electron chi connectivity index (χ1n) is 13.4. The van der Waals surface area contributed by atoms with Crippen LogP contribution in [0.5, 0.6) is 5.75 Å². The van der Waals surface area contributed by atoms with Gasteiger partial charge in [0.05, 0.1) is 31.9 Å². The predicted octanol–water partition coefficient (Wildman–Crippen LogP) is 2.14. The molecule has 3 amide bonds. The van der Waals surface area contributed by atoms with Gasteiger partial charge in [-0.15, -0.1) is 0 Å². The van der Waals surface area contributed by atoms with E-state index < -0.39 is 28.2 Å². The van der Waals surface area contributed by atoms with Crippen molar-refractivity contribution >= 4 is 33.3 Å². The predicted molar refractivity (Wildman–Crippen MR) is 154 cm³/mol. The minimum atomic E-state index is -3.91. The summed E-state index contributed by atoms with van der Waals surface area (Å²) in [4.78, 5) is 31.7. The Hall–Kier alpha value is -3.95. The van der Waals surface area contributed by atoms with Gasteiger partial charge in [0, 0.05) is 44.0 Å². The van der Waals surface area contributed by atoms with E-state index in [-0.39, 0.29) is 43.0 Å². The normalized spacial score (nSPS) is 18.5. The largest absolute Gasteiger partial charge is 0.488 e. The molecule has 1 aromatic carbocycles. The number of nitrogens with one attached hydrogen (secondary N) is 2. The van der Waals surface area contributed by atoms with E-state index in [1.54, 1.807) is 55.5 Å². The molecule has 2 aromatic heterocycles. The quantitative estimate of drug-likeness (QED) is 0.349. The first-order chi connectivity index (χ1) is 19.8. The van der Waals surface area contributed by atoms with Crippen molar-refractivity contribution in [3.05, 3.63) is 47.7 Å². The third-order valence-electron chi connectivity index (χ3n) is 7.24. The number of anilines is 2. The first-order valence-corrected chi connectivity index (χ1v) is 14.9. The van der Waals surface area contributed by atoms with E-state index in [0.29, 0.717) is 34.1 Å². The van der Waals surface area contributed by atoms with Crippen LogP contribution in [-0.4, -0.2) is 88.3 Å². The van der Waals surface area contributed by atoms with E-state index in [2.05, 4.69) is 20.8 Å². The van der Waals surface area contributed by atoms with E-state index in [0.717, 1.165) is 0 Å². The van der Waals surface area contributed by atoms with Crippen molar-refractivity contribution in [3.63, 3.8) is 0 Å². The Morgan fingerprint density at radius 2 is 2.02 bits per heavy atom. The number of imidazole rings is 1. The second kappa shape index (κ2) is 12.5. The molecule has 0 fully saturated rings. The topological polar surface area (TPSA) is 172 Å². The highest BCUT2D eigenvalue weighted by atomic mass is 32.2. The molecule has 0 radical (unpaired) electrons. The van der Waals surface area contributed by atoms with Crippen LogP contribution in [0, 0.1) is 19.8 Å². The van der Waals surface area contributed by atoms with Crippen LogP contribution in [0.4, 0.5) is 16.2 Å². The van der Waals surface area contributed by atoms with E-state index in [1.165, 1.54) is 23.9 Å². The average molecular weight is 604 g/mol. The second-order valence-electron chi connectivity index (χ2n) is 10.7. The Bertz CT molecular complexity index is 1530. The van der Waals surface area contributed by atoms with Gasteiger partial charge in [-0.3, -0.25) is 4.79 Å². The van der Waals surface area contributed by atoms with Gasteiger partial charge in [0.2, 0.25) is 5.91 Å². The maximum atomic E-state index is 13.4. The van der Waals surface area contributed by atoms with Crippen molar-refractivity contribution < 1.29 is 32.4 Å². The van der Waals surface area contributed by atoms with Crippen LogP contribution in [0.3, 0.4) is 0 Å². The van der Waals surface area contributed by atoms with Gasteiger partial charge < -0.3 is 34.5 Å². The molecule has 1 aliphatic heterocycles. The summed E-state index contributed by atoms with van der Waals surface area (Å²) in [5.74, 6) is 0.304. The number of nitrogens with zero attached hydrogens (tertiary/aromatic N) is 5. The maximum absolute atomic E-state index is 13.4. The summed E-state index contributed by atoms with van der Waals surface area (Å²) in [6.45, 7) is 6.98. The second-order valence-corrected chi connectivity index (χ2v) is 12.6. The molecule has 0 unspecified atom stereocenters. The smallest absolute Gasteiger partial charge is 0.323 e. The molecule has 228 valence electrons. The van der Waals surface area contributed by atoms with Crippen molar-refractivity contribution in [2.75, 3.05) is 37.4 Å². The Kier molecular flexibility index (Phi) is 9.23. The van der Waals surface area contributed by atoms with Crippen molar-refractivity contribution in [1.29, 1.82) is 0 Å². The number of urea groups is 1. The monoisotopic (exact) mass is 603 g/mol. The lowest BCUT2D eigenvalue weighted by atomic mass is 10.0. The molecule has 3 heterocycles. The molecule has 3 aromatic rings. The standard InChI is InChI=1S/C27H37N7O7S/c1-16-11-34(17(2)14-35)25(36)10-20-9-21(29-27(37)30-26-18(3)31-41-19(26)4)7-8-22(20)40-23(16)12-33(6)42(38,39)24-13-32(5)15-28-24/h7-9,13,15-17,23,35H,10-12,14H2,1-6H3,(H2,29,30,37)/t16-,17+,23+/m0/s1. The molecule has 0 spiro atoms. The molecule has 4 rings (SSSR count). The van der Waals surface area contributed by atoms with Gasteiger partial charge in [-0.25, -0.2) is 18.2 Å². The van der Waals surface area contributed by atoms with Gasteiger partial charge in [0.15, 0.2) is 10.8 Å². The number of likely N-dealkylation sites (N-methyl/N-ethyl adjacent to an activating group) is 1. The number of aromatic nitrogens is 3. The molecule has 42 heavy (non-hydrogen) atoms. The van der Waals surface area contributed by atoms with Gasteiger partial charge in [-0.1, -0.05) is 12.1 Å². The number of carbonyl (C=O) groups is 2. The van der Waals surface area contributed by atoms with Crippen LogP contribution in [0.2, 0.25) is 0 Å². The Morgan fingerprint density at radius 3 is 2.64 bits per heavy atom. The molecular formula is C27H37N7O7S. The number of hydrogen-bond donors (Lipinski definition) is 3. The number of amides is 3. The summed E-state index contributed by atoms with van der Waals surface area (Å²) in [5.41, 5.74) is 1.91. The SMILES string of the molecule is Cc1noc(C)c1NC(=O)Nc1ccc2c(c1)CC(=O)N([C@H](C)CO)C[C@H](C)[C@@H](CN(C)S(=O)(=O)c1cn(C)cn1)O2. The molecule has 15 heteroatoms. The van der Waals surface area contributed by atoms with Crippen molar-refractivity contribution in [2.24, 2.45) is 13.0 Å². The lowest BCUT2D eigenvalue weighted by molar-refractivity contribution is -0.134. The minimum absolute atomic E-state index is 0.0190. The zero-order valence-corrected chi connectivity index (χ0v) is 25.3. The van der Waals surface area contributed by atoms with Gasteiger partial charge in [0.25, 0.3) is 10.0 Å². The number of hydrogen-bond acceptors (Lipinski definition) is 9. The molecule has 3 N–H and O–H groups in total. The number of ether oxygens (including phenoxy) is 1. The number of carbonyl (C=O) groups excluding carboxylic acids is 2. The van der Waals surface area contributed by atoms with Gasteiger partial charge >= 0.3 is 6.03 Å². The third kappa shape index (κ3) is 6.74. The van der Waals surface area contributed by atoms with E-state index in [4.69, 9.17) is 9.26 Å². The number of fused-ring (bicyclic) bond motifs is 1. The third-order valence-corrected chi connectivity index (χ3v) is 8.95. The number of aliphatic hydroxyl groups is 1. The lowest BCUT2D eigenvalue weighted by Gasteiger charge is -2.33. The molecular weight excluding hydrogens is 566 g/mol. The summed E-state index contributed by atoms with van der Waals surface area (Å²) >= 11 is 0. The number of benzene rings is 1. The minimum Gasteiger partial charge on any atom is -0.488 e. The van der Waals surface area contributed by atoms with E-state index in [1.807, 2.05) is 6.92 Å². The fourth-order valence-corrected chi connectivity index (χ4v) is 5.84. The summed E-state index contributed by atoms with van der Waals surface area (Å²) < 4.78 is 40.6. The molecule has 14 nitrogen and oxygen atoms in total. The van der Waals surface area contributed by atoms with Crippen molar-refractivity contribution in [3.8, 4) is 5.75 Å². The van der Waals surface area contributed by atoms with Crippen LogP contribution in [0.15, 0.2) is 40.3 Å². The highest BCUT2D eigenvalue weighted by Gasteiger charge is 2.34. The summed E-state index contributed by atoms with van der Waals surface area (Å²) in [5, 5.41) is 19.1. The molecule has 3 atom stereocenters. The van der Waals surface area contributed by atoms with E-state index in [9.17, 15) is 23.1 Å².